The van der Waals surface area contributed by atoms with Crippen LogP contribution >= 0.6 is 23.2 Å². The van der Waals surface area contributed by atoms with Crippen molar-refractivity contribution in [2.75, 3.05) is 14.2 Å². The summed E-state index contributed by atoms with van der Waals surface area (Å²) in [6.07, 6.45) is 0. The smallest absolute Gasteiger partial charge is 0.248 e. The highest BCUT2D eigenvalue weighted by Crippen LogP contribution is 2.34. The van der Waals surface area contributed by atoms with E-state index in [0.717, 1.165) is 22.3 Å². The fraction of sp³-hybridized carbons (Fsp3) is 0.235. The highest BCUT2D eigenvalue weighted by molar-refractivity contribution is 6.20. The van der Waals surface area contributed by atoms with Gasteiger partial charge in [0, 0.05) is 25.3 Å². The van der Waals surface area contributed by atoms with E-state index >= 15 is 0 Å². The number of hydrogen-bond donors (Lipinski definition) is 1. The average molecular weight is 354 g/mol. The molecule has 2 aromatic carbocycles. The molecule has 0 radical (unpaired) electrons. The van der Waals surface area contributed by atoms with E-state index < -0.39 is 17.0 Å². The quantitative estimate of drug-likeness (QED) is 0.790. The highest BCUT2D eigenvalue weighted by atomic mass is 35.5. The third-order valence-electron chi connectivity index (χ3n) is 3.48. The zero-order chi connectivity index (χ0) is 17.0. The second-order valence-corrected chi connectivity index (χ2v) is 5.68. The highest BCUT2D eigenvalue weighted by Gasteiger charge is 2.16. The molecule has 2 rings (SSSR count). The summed E-state index contributed by atoms with van der Waals surface area (Å²) in [6.45, 7) is 0. The van der Waals surface area contributed by atoms with Crippen LogP contribution < -0.4 is 5.73 Å². The van der Waals surface area contributed by atoms with Gasteiger partial charge >= 0.3 is 0 Å². The van der Waals surface area contributed by atoms with Gasteiger partial charge in [-0.05, 0) is 28.8 Å². The summed E-state index contributed by atoms with van der Waals surface area (Å²) in [6, 6.07) is 12.5. The number of methoxy groups -OCH3 is 2. The number of benzene rings is 2. The van der Waals surface area contributed by atoms with E-state index in [0.29, 0.717) is 5.56 Å². The molecule has 0 aliphatic heterocycles. The van der Waals surface area contributed by atoms with E-state index in [1.54, 1.807) is 18.2 Å². The van der Waals surface area contributed by atoms with Gasteiger partial charge in [-0.1, -0.05) is 53.5 Å². The van der Waals surface area contributed by atoms with E-state index in [1.165, 1.54) is 14.2 Å². The second kappa shape index (κ2) is 7.79. The SMILES string of the molecule is COC(Cl)c1ccc(-c2cc(C(N)=O)ccc2C(Cl)OC)cc1. The molecule has 0 saturated heterocycles. The lowest BCUT2D eigenvalue weighted by Crippen LogP contribution is -2.11. The van der Waals surface area contributed by atoms with Gasteiger partial charge in [0.25, 0.3) is 0 Å². The minimum Gasteiger partial charge on any atom is -0.366 e. The second-order valence-electron chi connectivity index (χ2n) is 4.89. The van der Waals surface area contributed by atoms with Crippen molar-refractivity contribution in [2.45, 2.75) is 11.1 Å². The number of nitrogens with two attached hydrogens (primary N) is 1. The van der Waals surface area contributed by atoms with Crippen LogP contribution in [0.2, 0.25) is 0 Å². The van der Waals surface area contributed by atoms with Crippen molar-refractivity contribution >= 4 is 29.1 Å². The first-order valence-corrected chi connectivity index (χ1v) is 7.73. The molecule has 0 fully saturated rings. The summed E-state index contributed by atoms with van der Waals surface area (Å²) in [5.74, 6) is -0.502. The third-order valence-corrected chi connectivity index (χ3v) is 4.32. The molecule has 2 atom stereocenters. The molecule has 0 spiro atoms. The number of primary amides is 1. The lowest BCUT2D eigenvalue weighted by molar-refractivity contribution is 0.1000. The number of ether oxygens (including phenoxy) is 2. The maximum atomic E-state index is 11.4. The predicted molar refractivity (Wildman–Crippen MR) is 91.6 cm³/mol. The van der Waals surface area contributed by atoms with E-state index in [2.05, 4.69) is 0 Å². The Morgan fingerprint density at radius 2 is 1.61 bits per heavy atom. The summed E-state index contributed by atoms with van der Waals surface area (Å²) in [7, 11) is 3.06. The van der Waals surface area contributed by atoms with Gasteiger partial charge in [-0.3, -0.25) is 4.79 Å². The fourth-order valence-electron chi connectivity index (χ4n) is 2.23. The number of carbonyl (C=O) groups excluding carboxylic acids is 1. The molecule has 4 nitrogen and oxygen atoms in total. The maximum Gasteiger partial charge on any atom is 0.248 e. The molecule has 0 bridgehead atoms. The molecule has 2 unspecified atom stereocenters. The van der Waals surface area contributed by atoms with Crippen LogP contribution in [-0.2, 0) is 9.47 Å². The van der Waals surface area contributed by atoms with Gasteiger partial charge in [-0.15, -0.1) is 0 Å². The van der Waals surface area contributed by atoms with Crippen LogP contribution in [0.4, 0.5) is 0 Å². The summed E-state index contributed by atoms with van der Waals surface area (Å²) < 4.78 is 10.3. The molecule has 6 heteroatoms. The van der Waals surface area contributed by atoms with E-state index in [4.69, 9.17) is 38.4 Å². The minimum absolute atomic E-state index is 0.403. The van der Waals surface area contributed by atoms with Crippen molar-refractivity contribution in [1.82, 2.24) is 0 Å². The van der Waals surface area contributed by atoms with Crippen LogP contribution in [0.1, 0.15) is 32.6 Å². The Balaban J connectivity index is 2.50. The van der Waals surface area contributed by atoms with E-state index in [9.17, 15) is 4.79 Å². The Labute approximate surface area is 145 Å². The summed E-state index contributed by atoms with van der Waals surface area (Å²) in [4.78, 5) is 11.4. The van der Waals surface area contributed by atoms with Gasteiger partial charge in [-0.2, -0.15) is 0 Å². The lowest BCUT2D eigenvalue weighted by atomic mass is 9.96. The van der Waals surface area contributed by atoms with Crippen LogP contribution in [-0.4, -0.2) is 20.1 Å². The molecular weight excluding hydrogens is 337 g/mol. The van der Waals surface area contributed by atoms with Crippen molar-refractivity contribution in [3.63, 3.8) is 0 Å². The maximum absolute atomic E-state index is 11.4. The van der Waals surface area contributed by atoms with Gasteiger partial charge in [0.05, 0.1) is 0 Å². The van der Waals surface area contributed by atoms with Crippen LogP contribution in [0.15, 0.2) is 42.5 Å². The van der Waals surface area contributed by atoms with Crippen LogP contribution in [0.25, 0.3) is 11.1 Å². The standard InChI is InChI=1S/C17H17Cl2NO3/c1-22-15(18)11-5-3-10(4-6-11)14-9-12(17(20)21)7-8-13(14)16(19)23-2/h3-9,15-16H,1-2H3,(H2,20,21). The van der Waals surface area contributed by atoms with Gasteiger partial charge in [-0.25, -0.2) is 0 Å². The summed E-state index contributed by atoms with van der Waals surface area (Å²) >= 11 is 12.2. The molecule has 0 saturated carbocycles. The molecule has 1 amide bonds. The fourth-order valence-corrected chi connectivity index (χ4v) is 2.57. The number of alkyl halides is 2. The zero-order valence-corrected chi connectivity index (χ0v) is 14.3. The number of amides is 1. The Kier molecular flexibility index (Phi) is 6.02. The van der Waals surface area contributed by atoms with Crippen molar-refractivity contribution in [2.24, 2.45) is 5.73 Å². The van der Waals surface area contributed by atoms with Gasteiger partial charge in [0.1, 0.15) is 0 Å². The number of hydrogen-bond acceptors (Lipinski definition) is 3. The zero-order valence-electron chi connectivity index (χ0n) is 12.8. The van der Waals surface area contributed by atoms with Crippen LogP contribution in [0.5, 0.6) is 0 Å². The van der Waals surface area contributed by atoms with Crippen LogP contribution in [0.3, 0.4) is 0 Å². The van der Waals surface area contributed by atoms with Crippen molar-refractivity contribution < 1.29 is 14.3 Å². The molecule has 122 valence electrons. The molecule has 2 N–H and O–H groups in total. The topological polar surface area (TPSA) is 61.5 Å². The van der Waals surface area contributed by atoms with E-state index in [1.807, 2.05) is 24.3 Å². The van der Waals surface area contributed by atoms with Crippen molar-refractivity contribution in [1.29, 1.82) is 0 Å². The number of halogens is 2. The summed E-state index contributed by atoms with van der Waals surface area (Å²) in [5.41, 5.74) is 7.85. The predicted octanol–water partition coefficient (Wildman–Crippen LogP) is 4.22. The number of rotatable bonds is 6. The van der Waals surface area contributed by atoms with Crippen LogP contribution in [0, 0.1) is 0 Å². The first kappa shape index (κ1) is 17.8. The minimum atomic E-state index is -0.633. The molecule has 0 aliphatic carbocycles. The molecule has 0 heterocycles. The van der Waals surface area contributed by atoms with E-state index in [-0.39, 0.29) is 0 Å². The Morgan fingerprint density at radius 1 is 1.00 bits per heavy atom. The summed E-state index contributed by atoms with van der Waals surface area (Å²) in [5, 5.41) is 0. The molecule has 23 heavy (non-hydrogen) atoms. The van der Waals surface area contributed by atoms with Crippen molar-refractivity contribution in [3.05, 3.63) is 59.2 Å². The van der Waals surface area contributed by atoms with Gasteiger partial charge < -0.3 is 15.2 Å². The molecular formula is C17H17Cl2NO3. The Morgan fingerprint density at radius 3 is 2.13 bits per heavy atom. The molecule has 0 aliphatic rings. The normalized spacial score (nSPS) is 13.6. The lowest BCUT2D eigenvalue weighted by Gasteiger charge is -2.16. The Hall–Kier alpha value is -1.59. The molecule has 2 aromatic rings. The van der Waals surface area contributed by atoms with Crippen molar-refractivity contribution in [3.8, 4) is 11.1 Å². The first-order chi connectivity index (χ1) is 11.0. The Bertz CT molecular complexity index is 689. The largest absolute Gasteiger partial charge is 0.366 e. The average Bonchev–Trinajstić information content (AvgIpc) is 2.59. The van der Waals surface area contributed by atoms with Gasteiger partial charge in [0.2, 0.25) is 5.91 Å². The third kappa shape index (κ3) is 4.03. The molecule has 0 aromatic heterocycles. The number of carbonyl (C=O) groups is 1. The van der Waals surface area contributed by atoms with Gasteiger partial charge in [0.15, 0.2) is 11.1 Å². The monoisotopic (exact) mass is 353 g/mol. The first-order valence-electron chi connectivity index (χ1n) is 6.85.